The van der Waals surface area contributed by atoms with Gasteiger partial charge in [-0.1, -0.05) is 11.6 Å². The number of hydrogen-bond donors (Lipinski definition) is 3. The Kier molecular flexibility index (Phi) is 5.28. The smallest absolute Gasteiger partial charge is 0.162 e. The number of nitrogens with one attached hydrogen (secondary N) is 3. The molecule has 3 N–H and O–H groups in total. The molecule has 0 atom stereocenters. The van der Waals surface area contributed by atoms with Gasteiger partial charge in [0, 0.05) is 16.6 Å². The van der Waals surface area contributed by atoms with Crippen molar-refractivity contribution in [2.75, 3.05) is 5.32 Å². The van der Waals surface area contributed by atoms with Crippen molar-refractivity contribution in [1.29, 1.82) is 0 Å². The van der Waals surface area contributed by atoms with Gasteiger partial charge in [0.1, 0.15) is 11.6 Å². The van der Waals surface area contributed by atoms with Crippen molar-refractivity contribution >= 4 is 33.9 Å². The molecule has 0 bridgehead atoms. The molecule has 4 rings (SSSR count). The maximum atomic E-state index is 13.5. The van der Waals surface area contributed by atoms with E-state index in [0.717, 1.165) is 39.2 Å². The lowest BCUT2D eigenvalue weighted by atomic mass is 10.1. The molecule has 0 aromatic heterocycles. The Balaban J connectivity index is 1.81. The van der Waals surface area contributed by atoms with Crippen LogP contribution >= 0.6 is 11.6 Å². The second-order valence-electron chi connectivity index (χ2n) is 7.93. The first-order valence-corrected chi connectivity index (χ1v) is 10.3. The number of hydrogen-bond acceptors (Lipinski definition) is 3. The standard InChI is InChI=1S/C23H25ClFN3O2/c1-11(2)29-19-9-15-13(5)21-22(16(15)10-20(19)30-12(3)4)27-28-23(21)26-14-6-7-18(25)17(24)8-14/h6-12,26-28H,1-5H3. The number of aromatic amines is 2. The molecule has 0 saturated carbocycles. The summed E-state index contributed by atoms with van der Waals surface area (Å²) in [5.41, 5.74) is 3.76. The van der Waals surface area contributed by atoms with E-state index in [1.807, 2.05) is 39.8 Å². The minimum atomic E-state index is -0.448. The Labute approximate surface area is 179 Å². The SMILES string of the molecule is Cc1c2c(Nc3ccc(F)c(Cl)c3)[nH][nH]c-2c2cc(OC(C)C)c(OC(C)C)cc12. The van der Waals surface area contributed by atoms with Gasteiger partial charge in [0.15, 0.2) is 11.5 Å². The maximum Gasteiger partial charge on any atom is 0.162 e. The van der Waals surface area contributed by atoms with Gasteiger partial charge in [-0.3, -0.25) is 10.2 Å². The molecule has 0 fully saturated rings. The van der Waals surface area contributed by atoms with Crippen LogP contribution in [0.4, 0.5) is 15.9 Å². The Hall–Kier alpha value is -2.86. The molecule has 0 radical (unpaired) electrons. The van der Waals surface area contributed by atoms with Crippen LogP contribution in [-0.2, 0) is 0 Å². The highest BCUT2D eigenvalue weighted by atomic mass is 35.5. The van der Waals surface area contributed by atoms with E-state index in [-0.39, 0.29) is 17.2 Å². The van der Waals surface area contributed by atoms with E-state index in [4.69, 9.17) is 21.1 Å². The average molecular weight is 430 g/mol. The summed E-state index contributed by atoms with van der Waals surface area (Å²) in [4.78, 5) is 0. The predicted octanol–water partition coefficient (Wildman–Crippen LogP) is 7.02. The Morgan fingerprint density at radius 1 is 0.933 bits per heavy atom. The van der Waals surface area contributed by atoms with Crippen molar-refractivity contribution in [3.05, 3.63) is 46.7 Å². The van der Waals surface area contributed by atoms with Gasteiger partial charge in [0.2, 0.25) is 0 Å². The second-order valence-corrected chi connectivity index (χ2v) is 8.34. The molecular formula is C23H25ClFN3O2. The molecule has 1 aliphatic heterocycles. The summed E-state index contributed by atoms with van der Waals surface area (Å²) in [6.07, 6.45) is 0.0602. The van der Waals surface area contributed by atoms with Crippen LogP contribution in [0.25, 0.3) is 22.0 Å². The first-order chi connectivity index (χ1) is 14.2. The largest absolute Gasteiger partial charge is 0.487 e. The molecular weight excluding hydrogens is 405 g/mol. The number of aryl methyl sites for hydroxylation is 1. The van der Waals surface area contributed by atoms with Crippen molar-refractivity contribution in [1.82, 2.24) is 10.2 Å². The van der Waals surface area contributed by atoms with Crippen LogP contribution in [-0.4, -0.2) is 22.4 Å². The molecule has 2 aromatic rings. The molecule has 0 amide bonds. The molecule has 7 heteroatoms. The van der Waals surface area contributed by atoms with Crippen LogP contribution in [0.5, 0.6) is 11.5 Å². The van der Waals surface area contributed by atoms with Crippen LogP contribution < -0.4 is 14.8 Å². The molecule has 0 saturated heterocycles. The van der Waals surface area contributed by atoms with Gasteiger partial charge >= 0.3 is 0 Å². The highest BCUT2D eigenvalue weighted by Crippen LogP contribution is 2.46. The van der Waals surface area contributed by atoms with Gasteiger partial charge in [-0.15, -0.1) is 0 Å². The molecule has 0 unspecified atom stereocenters. The molecule has 1 heterocycles. The van der Waals surface area contributed by atoms with Gasteiger partial charge in [-0.25, -0.2) is 4.39 Å². The topological polar surface area (TPSA) is 62.1 Å². The highest BCUT2D eigenvalue weighted by molar-refractivity contribution is 6.31. The molecule has 2 aromatic carbocycles. The molecule has 2 aliphatic rings. The summed E-state index contributed by atoms with van der Waals surface area (Å²) in [7, 11) is 0. The van der Waals surface area contributed by atoms with Crippen LogP contribution in [0.3, 0.4) is 0 Å². The van der Waals surface area contributed by atoms with E-state index in [0.29, 0.717) is 11.4 Å². The number of aromatic nitrogens is 2. The lowest BCUT2D eigenvalue weighted by molar-refractivity contribution is 0.199. The van der Waals surface area contributed by atoms with Crippen LogP contribution in [0.2, 0.25) is 5.02 Å². The summed E-state index contributed by atoms with van der Waals surface area (Å²) >= 11 is 5.92. The lowest BCUT2D eigenvalue weighted by Gasteiger charge is -2.17. The summed E-state index contributed by atoms with van der Waals surface area (Å²) in [6, 6.07) is 8.60. The highest BCUT2D eigenvalue weighted by Gasteiger charge is 2.24. The number of H-pyrrole nitrogens is 2. The third-order valence-corrected chi connectivity index (χ3v) is 5.15. The quantitative estimate of drug-likeness (QED) is 0.308. The van der Waals surface area contributed by atoms with Gasteiger partial charge in [0.25, 0.3) is 0 Å². The lowest BCUT2D eigenvalue weighted by Crippen LogP contribution is -2.10. The number of halogens is 2. The Morgan fingerprint density at radius 2 is 1.57 bits per heavy atom. The van der Waals surface area contributed by atoms with Gasteiger partial charge in [-0.2, -0.15) is 0 Å². The zero-order valence-corrected chi connectivity index (χ0v) is 18.4. The van der Waals surface area contributed by atoms with E-state index in [1.54, 1.807) is 12.1 Å². The monoisotopic (exact) mass is 429 g/mol. The number of fused-ring (bicyclic) bond motifs is 3. The fourth-order valence-corrected chi connectivity index (χ4v) is 3.85. The molecule has 30 heavy (non-hydrogen) atoms. The van der Waals surface area contributed by atoms with Crippen molar-refractivity contribution in [3.8, 4) is 22.8 Å². The average Bonchev–Trinajstić information content (AvgIpc) is 3.18. The van der Waals surface area contributed by atoms with Crippen molar-refractivity contribution < 1.29 is 13.9 Å². The summed E-state index contributed by atoms with van der Waals surface area (Å²) < 4.78 is 25.5. The van der Waals surface area contributed by atoms with Gasteiger partial charge in [-0.05, 0) is 75.9 Å². The van der Waals surface area contributed by atoms with Crippen molar-refractivity contribution in [3.63, 3.8) is 0 Å². The van der Waals surface area contributed by atoms with E-state index in [1.165, 1.54) is 6.07 Å². The molecule has 1 aliphatic carbocycles. The maximum absolute atomic E-state index is 13.5. The molecule has 0 spiro atoms. The minimum absolute atomic E-state index is 0.0270. The predicted molar refractivity (Wildman–Crippen MR) is 120 cm³/mol. The van der Waals surface area contributed by atoms with E-state index in [2.05, 4.69) is 22.4 Å². The fourth-order valence-electron chi connectivity index (χ4n) is 3.67. The third-order valence-electron chi connectivity index (χ3n) is 4.86. The second kappa shape index (κ2) is 7.76. The normalized spacial score (nSPS) is 11.8. The first-order valence-electron chi connectivity index (χ1n) is 9.96. The molecule has 158 valence electrons. The zero-order chi connectivity index (χ0) is 21.6. The zero-order valence-electron chi connectivity index (χ0n) is 17.6. The van der Waals surface area contributed by atoms with Crippen LogP contribution in [0.1, 0.15) is 33.3 Å². The van der Waals surface area contributed by atoms with Gasteiger partial charge in [0.05, 0.1) is 22.9 Å². The Morgan fingerprint density at radius 3 is 2.17 bits per heavy atom. The number of rotatable bonds is 6. The fraction of sp³-hybridized carbons (Fsp3) is 0.304. The van der Waals surface area contributed by atoms with Crippen molar-refractivity contribution in [2.45, 2.75) is 46.8 Å². The van der Waals surface area contributed by atoms with Crippen LogP contribution in [0, 0.1) is 12.7 Å². The number of ether oxygens (including phenoxy) is 2. The molecule has 5 nitrogen and oxygen atoms in total. The third kappa shape index (κ3) is 3.67. The minimum Gasteiger partial charge on any atom is -0.487 e. The summed E-state index contributed by atoms with van der Waals surface area (Å²) in [5.74, 6) is 1.77. The van der Waals surface area contributed by atoms with Crippen LogP contribution in [0.15, 0.2) is 30.3 Å². The number of anilines is 2. The van der Waals surface area contributed by atoms with Gasteiger partial charge < -0.3 is 14.8 Å². The summed E-state index contributed by atoms with van der Waals surface area (Å²) in [5, 5.41) is 11.9. The Bertz CT molecular complexity index is 1180. The van der Waals surface area contributed by atoms with E-state index < -0.39 is 5.82 Å². The van der Waals surface area contributed by atoms with E-state index >= 15 is 0 Å². The number of benzene rings is 2. The summed E-state index contributed by atoms with van der Waals surface area (Å²) in [6.45, 7) is 10.0. The first kappa shape index (κ1) is 20.4. The van der Waals surface area contributed by atoms with Crippen molar-refractivity contribution in [2.24, 2.45) is 0 Å². The van der Waals surface area contributed by atoms with E-state index in [9.17, 15) is 4.39 Å².